The molecule has 0 bridgehead atoms. The number of hydrogen-bond acceptors (Lipinski definition) is 4. The monoisotopic (exact) mass is 369 g/mol. The summed E-state index contributed by atoms with van der Waals surface area (Å²) < 4.78 is 22.8. The van der Waals surface area contributed by atoms with Gasteiger partial charge < -0.3 is 5.32 Å². The van der Waals surface area contributed by atoms with Crippen LogP contribution < -0.4 is 5.32 Å². The van der Waals surface area contributed by atoms with Crippen LogP contribution in [-0.2, 0) is 14.6 Å². The zero-order chi connectivity index (χ0) is 17.0. The molecule has 0 aliphatic heterocycles. The molecule has 1 atom stereocenters. The number of amides is 1. The maximum absolute atomic E-state index is 12.2. The lowest BCUT2D eigenvalue weighted by atomic mass is 10.3. The van der Waals surface area contributed by atoms with E-state index in [1.165, 1.54) is 23.9 Å². The first-order valence-corrected chi connectivity index (χ1v) is 9.94. The molecule has 1 N–H and O–H groups in total. The summed E-state index contributed by atoms with van der Waals surface area (Å²) in [6.07, 6.45) is 1.14. The van der Waals surface area contributed by atoms with Gasteiger partial charge >= 0.3 is 0 Å². The van der Waals surface area contributed by atoms with Crippen molar-refractivity contribution in [2.75, 3.05) is 11.6 Å². The topological polar surface area (TPSA) is 63.2 Å². The Bertz CT molecular complexity index is 787. The van der Waals surface area contributed by atoms with E-state index in [0.717, 1.165) is 11.2 Å². The van der Waals surface area contributed by atoms with E-state index in [9.17, 15) is 13.2 Å². The lowest BCUT2D eigenvalue weighted by Gasteiger charge is -2.12. The molecule has 4 nitrogen and oxygen atoms in total. The van der Waals surface area contributed by atoms with Crippen LogP contribution in [0.25, 0.3) is 0 Å². The number of halogens is 1. The van der Waals surface area contributed by atoms with Gasteiger partial charge in [0.15, 0.2) is 9.84 Å². The Hall–Kier alpha value is -1.50. The van der Waals surface area contributed by atoms with Crippen LogP contribution >= 0.6 is 23.4 Å². The van der Waals surface area contributed by atoms with Gasteiger partial charge in [-0.25, -0.2) is 8.42 Å². The van der Waals surface area contributed by atoms with Crippen LogP contribution in [-0.4, -0.2) is 25.8 Å². The summed E-state index contributed by atoms with van der Waals surface area (Å²) in [6, 6.07) is 13.4. The second kappa shape index (κ2) is 7.38. The van der Waals surface area contributed by atoms with Crippen LogP contribution in [0.15, 0.2) is 58.3 Å². The van der Waals surface area contributed by atoms with Crippen LogP contribution in [0.3, 0.4) is 0 Å². The number of sulfone groups is 1. The molecule has 122 valence electrons. The zero-order valence-corrected chi connectivity index (χ0v) is 15.0. The summed E-state index contributed by atoms with van der Waals surface area (Å²) in [4.78, 5) is 13.4. The third kappa shape index (κ3) is 5.27. The molecule has 1 amide bonds. The van der Waals surface area contributed by atoms with Gasteiger partial charge in [0.2, 0.25) is 5.91 Å². The Kier molecular flexibility index (Phi) is 5.73. The highest BCUT2D eigenvalue weighted by molar-refractivity contribution is 8.00. The Morgan fingerprint density at radius 3 is 2.17 bits per heavy atom. The minimum atomic E-state index is -3.24. The molecule has 2 rings (SSSR count). The van der Waals surface area contributed by atoms with Crippen LogP contribution in [0.4, 0.5) is 5.69 Å². The molecule has 0 aliphatic rings. The van der Waals surface area contributed by atoms with Gasteiger partial charge in [0, 0.05) is 21.9 Å². The first kappa shape index (κ1) is 17.8. The van der Waals surface area contributed by atoms with Crippen molar-refractivity contribution in [2.24, 2.45) is 0 Å². The van der Waals surface area contributed by atoms with Crippen molar-refractivity contribution in [1.29, 1.82) is 0 Å². The fourth-order valence-electron chi connectivity index (χ4n) is 1.80. The second-order valence-electron chi connectivity index (χ2n) is 5.00. The highest BCUT2D eigenvalue weighted by Crippen LogP contribution is 2.25. The smallest absolute Gasteiger partial charge is 0.237 e. The van der Waals surface area contributed by atoms with Crippen LogP contribution in [0.2, 0.25) is 5.02 Å². The summed E-state index contributed by atoms with van der Waals surface area (Å²) in [5.41, 5.74) is 0.561. The van der Waals surface area contributed by atoms with E-state index in [1.807, 2.05) is 12.1 Å². The van der Waals surface area contributed by atoms with Crippen molar-refractivity contribution in [2.45, 2.75) is 22.0 Å². The highest BCUT2D eigenvalue weighted by Gasteiger charge is 2.15. The minimum Gasteiger partial charge on any atom is -0.325 e. The summed E-state index contributed by atoms with van der Waals surface area (Å²) in [7, 11) is -3.24. The van der Waals surface area contributed by atoms with E-state index in [1.54, 1.807) is 31.2 Å². The Balaban J connectivity index is 1.99. The van der Waals surface area contributed by atoms with Crippen molar-refractivity contribution in [1.82, 2.24) is 0 Å². The van der Waals surface area contributed by atoms with Crippen molar-refractivity contribution >= 4 is 44.8 Å². The highest BCUT2D eigenvalue weighted by atomic mass is 35.5. The predicted octanol–water partition coefficient (Wildman–Crippen LogP) is 3.86. The van der Waals surface area contributed by atoms with Crippen molar-refractivity contribution < 1.29 is 13.2 Å². The molecule has 2 aromatic rings. The first-order chi connectivity index (χ1) is 10.8. The van der Waals surface area contributed by atoms with Crippen LogP contribution in [0.1, 0.15) is 6.92 Å². The van der Waals surface area contributed by atoms with Gasteiger partial charge in [0.05, 0.1) is 10.1 Å². The lowest BCUT2D eigenvalue weighted by Crippen LogP contribution is -2.22. The van der Waals surface area contributed by atoms with Gasteiger partial charge in [-0.3, -0.25) is 4.79 Å². The van der Waals surface area contributed by atoms with Gasteiger partial charge in [-0.15, -0.1) is 11.8 Å². The molecular weight excluding hydrogens is 354 g/mol. The maximum atomic E-state index is 12.2. The molecule has 0 spiro atoms. The third-order valence-electron chi connectivity index (χ3n) is 3.05. The van der Waals surface area contributed by atoms with Gasteiger partial charge in [-0.05, 0) is 55.5 Å². The Morgan fingerprint density at radius 2 is 1.65 bits per heavy atom. The van der Waals surface area contributed by atoms with Crippen molar-refractivity contribution in [3.8, 4) is 0 Å². The fraction of sp³-hybridized carbons (Fsp3) is 0.188. The third-order valence-corrected chi connectivity index (χ3v) is 5.54. The summed E-state index contributed by atoms with van der Waals surface area (Å²) in [5.74, 6) is -0.156. The quantitative estimate of drug-likeness (QED) is 0.813. The zero-order valence-electron chi connectivity index (χ0n) is 12.6. The number of nitrogens with one attached hydrogen (secondary N) is 1. The average Bonchev–Trinajstić information content (AvgIpc) is 2.49. The predicted molar refractivity (Wildman–Crippen MR) is 95.0 cm³/mol. The maximum Gasteiger partial charge on any atom is 0.237 e. The minimum absolute atomic E-state index is 0.156. The molecule has 7 heteroatoms. The van der Waals surface area contributed by atoms with E-state index < -0.39 is 9.84 Å². The van der Waals surface area contributed by atoms with Gasteiger partial charge in [-0.1, -0.05) is 11.6 Å². The largest absolute Gasteiger partial charge is 0.325 e. The van der Waals surface area contributed by atoms with Crippen LogP contribution in [0, 0.1) is 0 Å². The first-order valence-electron chi connectivity index (χ1n) is 6.79. The molecule has 0 saturated carbocycles. The van der Waals surface area contributed by atoms with Crippen LogP contribution in [0.5, 0.6) is 0 Å². The lowest BCUT2D eigenvalue weighted by molar-refractivity contribution is -0.115. The second-order valence-corrected chi connectivity index (χ2v) is 8.87. The number of carbonyl (C=O) groups excluding carboxylic acids is 1. The fourth-order valence-corrected chi connectivity index (χ4v) is 3.42. The Morgan fingerprint density at radius 1 is 1.09 bits per heavy atom. The van der Waals surface area contributed by atoms with Crippen molar-refractivity contribution in [3.63, 3.8) is 0 Å². The number of hydrogen-bond donors (Lipinski definition) is 1. The molecule has 23 heavy (non-hydrogen) atoms. The molecule has 0 radical (unpaired) electrons. The number of anilines is 1. The van der Waals surface area contributed by atoms with Gasteiger partial charge in [-0.2, -0.15) is 0 Å². The Labute approximate surface area is 145 Å². The van der Waals surface area contributed by atoms with E-state index >= 15 is 0 Å². The molecule has 1 unspecified atom stereocenters. The van der Waals surface area contributed by atoms with Crippen molar-refractivity contribution in [3.05, 3.63) is 53.6 Å². The van der Waals surface area contributed by atoms with Gasteiger partial charge in [0.1, 0.15) is 0 Å². The summed E-state index contributed by atoms with van der Waals surface area (Å²) in [5, 5.41) is 3.12. The molecule has 0 fully saturated rings. The molecule has 2 aromatic carbocycles. The number of rotatable bonds is 5. The summed E-state index contributed by atoms with van der Waals surface area (Å²) >= 11 is 7.25. The standard InChI is InChI=1S/C16H16ClNO3S2/c1-11(22-14-7-3-12(17)4-8-14)16(19)18-13-5-9-15(10-6-13)23(2,20)21/h3-11H,1-2H3,(H,18,19). The normalized spacial score (nSPS) is 12.7. The average molecular weight is 370 g/mol. The number of benzene rings is 2. The SMILES string of the molecule is CC(Sc1ccc(Cl)cc1)C(=O)Nc1ccc(S(C)(=O)=O)cc1. The van der Waals surface area contributed by atoms with E-state index in [-0.39, 0.29) is 16.1 Å². The summed E-state index contributed by atoms with van der Waals surface area (Å²) in [6.45, 7) is 1.81. The number of thioether (sulfide) groups is 1. The number of carbonyl (C=O) groups is 1. The molecule has 0 heterocycles. The van der Waals surface area contributed by atoms with E-state index in [0.29, 0.717) is 10.7 Å². The van der Waals surface area contributed by atoms with E-state index in [4.69, 9.17) is 11.6 Å². The van der Waals surface area contributed by atoms with E-state index in [2.05, 4.69) is 5.32 Å². The molecule has 0 aliphatic carbocycles. The van der Waals surface area contributed by atoms with Gasteiger partial charge in [0.25, 0.3) is 0 Å². The molecular formula is C16H16ClNO3S2. The molecule has 0 aromatic heterocycles. The molecule has 0 saturated heterocycles.